The van der Waals surface area contributed by atoms with Gasteiger partial charge in [0.15, 0.2) is 0 Å². The van der Waals surface area contributed by atoms with Crippen molar-refractivity contribution in [2.75, 3.05) is 0 Å². The Balaban J connectivity index is 2.42. The maximum absolute atomic E-state index is 10.3. The molecule has 1 aromatic rings. The van der Waals surface area contributed by atoms with Crippen LogP contribution in [0.15, 0.2) is 23.2 Å². The quantitative estimate of drug-likeness (QED) is 0.542. The molecule has 3 heteroatoms. The Hall–Kier alpha value is -1.11. The lowest BCUT2D eigenvalue weighted by Crippen LogP contribution is -2.02. The molecule has 0 aromatic heterocycles. The Morgan fingerprint density at radius 2 is 2.21 bits per heavy atom. The van der Waals surface area contributed by atoms with Crippen LogP contribution >= 0.6 is 11.6 Å². The minimum Gasteiger partial charge on any atom is -0.211 e. The summed E-state index contributed by atoms with van der Waals surface area (Å²) < 4.78 is 0. The number of carbonyl (C=O) groups excluding carboxylic acids is 1. The van der Waals surface area contributed by atoms with Crippen LogP contribution in [-0.4, -0.2) is 6.08 Å². The fourth-order valence-electron chi connectivity index (χ4n) is 1.55. The lowest BCUT2D eigenvalue weighted by Gasteiger charge is -2.09. The smallest absolute Gasteiger partial charge is 0.211 e. The fourth-order valence-corrected chi connectivity index (χ4v) is 1.73. The van der Waals surface area contributed by atoms with Crippen LogP contribution in [0.4, 0.5) is 0 Å². The molecule has 0 bridgehead atoms. The molecular weight excluding hydrogens is 198 g/mol. The average Bonchev–Trinajstić information content (AvgIpc) is 2.91. The second kappa shape index (κ2) is 3.23. The minimum absolute atomic E-state index is 0.306. The van der Waals surface area contributed by atoms with Crippen LogP contribution in [0.1, 0.15) is 24.0 Å². The van der Waals surface area contributed by atoms with Gasteiger partial charge in [-0.05, 0) is 37.0 Å². The summed E-state index contributed by atoms with van der Waals surface area (Å²) in [5.74, 6) is 0. The van der Waals surface area contributed by atoms with Crippen LogP contribution in [0.25, 0.3) is 0 Å². The van der Waals surface area contributed by atoms with E-state index in [2.05, 4.69) is 4.99 Å². The average molecular weight is 208 g/mol. The normalized spacial score (nSPS) is 17.3. The Bertz CT molecular complexity index is 417. The first-order chi connectivity index (χ1) is 6.68. The van der Waals surface area contributed by atoms with E-state index in [0.29, 0.717) is 0 Å². The number of nitrogens with zero attached hydrogens (tertiary/aromatic N) is 1. The Labute approximate surface area is 87.6 Å². The number of aliphatic imine (C=N–C) groups is 1. The van der Waals surface area contributed by atoms with Crippen molar-refractivity contribution in [3.63, 3.8) is 0 Å². The zero-order chi connectivity index (χ0) is 10.2. The van der Waals surface area contributed by atoms with E-state index < -0.39 is 0 Å². The van der Waals surface area contributed by atoms with Crippen molar-refractivity contribution < 1.29 is 4.79 Å². The largest absolute Gasteiger partial charge is 0.235 e. The standard InChI is InChI=1S/C11H10ClNO/c1-8-2-3-9(6-10(8)12)11(4-5-11)13-7-14/h2-3,6H,4-5H2,1H3. The molecule has 0 N–H and O–H groups in total. The van der Waals surface area contributed by atoms with Crippen molar-refractivity contribution in [3.05, 3.63) is 34.3 Å². The third-order valence-electron chi connectivity index (χ3n) is 2.69. The zero-order valence-electron chi connectivity index (χ0n) is 7.88. The van der Waals surface area contributed by atoms with E-state index >= 15 is 0 Å². The second-order valence-electron chi connectivity index (χ2n) is 3.70. The molecule has 1 aliphatic rings. The van der Waals surface area contributed by atoms with E-state index in [1.54, 1.807) is 6.08 Å². The lowest BCUT2D eigenvalue weighted by atomic mass is 10.0. The van der Waals surface area contributed by atoms with Gasteiger partial charge in [0.1, 0.15) is 0 Å². The van der Waals surface area contributed by atoms with Gasteiger partial charge in [-0.25, -0.2) is 4.79 Å². The molecule has 2 rings (SSSR count). The molecule has 1 aliphatic carbocycles. The molecule has 1 aromatic carbocycles. The molecule has 0 radical (unpaired) electrons. The monoisotopic (exact) mass is 207 g/mol. The number of halogens is 1. The lowest BCUT2D eigenvalue weighted by molar-refractivity contribution is 0.556. The topological polar surface area (TPSA) is 29.4 Å². The molecule has 0 unspecified atom stereocenters. The summed E-state index contributed by atoms with van der Waals surface area (Å²) in [5, 5.41) is 0.731. The highest BCUT2D eigenvalue weighted by molar-refractivity contribution is 6.31. The number of benzene rings is 1. The van der Waals surface area contributed by atoms with E-state index in [1.807, 2.05) is 25.1 Å². The second-order valence-corrected chi connectivity index (χ2v) is 4.11. The van der Waals surface area contributed by atoms with E-state index in [0.717, 1.165) is 29.0 Å². The summed E-state index contributed by atoms with van der Waals surface area (Å²) >= 11 is 6.01. The van der Waals surface area contributed by atoms with E-state index in [9.17, 15) is 4.79 Å². The molecule has 14 heavy (non-hydrogen) atoms. The summed E-state index contributed by atoms with van der Waals surface area (Å²) in [5.41, 5.74) is 1.76. The molecule has 1 fully saturated rings. The molecule has 0 spiro atoms. The number of aryl methyl sites for hydroxylation is 1. The molecule has 0 aliphatic heterocycles. The summed E-state index contributed by atoms with van der Waals surface area (Å²) in [4.78, 5) is 14.1. The van der Waals surface area contributed by atoms with Crippen molar-refractivity contribution >= 4 is 17.7 Å². The van der Waals surface area contributed by atoms with Crippen molar-refractivity contribution in [2.45, 2.75) is 25.3 Å². The summed E-state index contributed by atoms with van der Waals surface area (Å²) in [6.07, 6.45) is 3.47. The Morgan fingerprint density at radius 3 is 2.71 bits per heavy atom. The van der Waals surface area contributed by atoms with Gasteiger partial charge in [0.2, 0.25) is 6.08 Å². The highest BCUT2D eigenvalue weighted by atomic mass is 35.5. The number of hydrogen-bond donors (Lipinski definition) is 0. The molecule has 0 saturated heterocycles. The van der Waals surface area contributed by atoms with E-state index in [4.69, 9.17) is 11.6 Å². The van der Waals surface area contributed by atoms with Gasteiger partial charge >= 0.3 is 0 Å². The van der Waals surface area contributed by atoms with Crippen LogP contribution < -0.4 is 0 Å². The first-order valence-corrected chi connectivity index (χ1v) is 4.91. The van der Waals surface area contributed by atoms with Gasteiger partial charge in [-0.15, -0.1) is 0 Å². The highest BCUT2D eigenvalue weighted by Gasteiger charge is 2.44. The molecule has 2 nitrogen and oxygen atoms in total. The first kappa shape index (κ1) is 9.45. The van der Waals surface area contributed by atoms with Gasteiger partial charge in [-0.2, -0.15) is 4.99 Å². The van der Waals surface area contributed by atoms with Crippen molar-refractivity contribution in [1.29, 1.82) is 0 Å². The van der Waals surface area contributed by atoms with Crippen LogP contribution in [0.3, 0.4) is 0 Å². The van der Waals surface area contributed by atoms with Crippen LogP contribution in [0.2, 0.25) is 5.02 Å². The minimum atomic E-state index is -0.306. The molecule has 0 atom stereocenters. The van der Waals surface area contributed by atoms with Crippen molar-refractivity contribution in [2.24, 2.45) is 4.99 Å². The van der Waals surface area contributed by atoms with Crippen molar-refractivity contribution in [3.8, 4) is 0 Å². The maximum Gasteiger partial charge on any atom is 0.235 e. The van der Waals surface area contributed by atoms with Crippen LogP contribution in [0.5, 0.6) is 0 Å². The summed E-state index contributed by atoms with van der Waals surface area (Å²) in [7, 11) is 0. The van der Waals surface area contributed by atoms with Gasteiger partial charge in [-0.3, -0.25) is 0 Å². The predicted octanol–water partition coefficient (Wildman–Crippen LogP) is 2.97. The number of rotatable bonds is 2. The van der Waals surface area contributed by atoms with Crippen molar-refractivity contribution in [1.82, 2.24) is 0 Å². The van der Waals surface area contributed by atoms with Gasteiger partial charge in [0, 0.05) is 5.02 Å². The fraction of sp³-hybridized carbons (Fsp3) is 0.364. The summed E-state index contributed by atoms with van der Waals surface area (Å²) in [6, 6.07) is 5.83. The Kier molecular flexibility index (Phi) is 2.18. The molecular formula is C11H10ClNO. The highest BCUT2D eigenvalue weighted by Crippen LogP contribution is 2.49. The number of hydrogen-bond acceptors (Lipinski definition) is 2. The van der Waals surface area contributed by atoms with Gasteiger partial charge in [0.25, 0.3) is 0 Å². The zero-order valence-corrected chi connectivity index (χ0v) is 8.64. The van der Waals surface area contributed by atoms with Gasteiger partial charge in [-0.1, -0.05) is 23.7 Å². The van der Waals surface area contributed by atoms with Crippen LogP contribution in [0, 0.1) is 6.92 Å². The molecule has 72 valence electrons. The van der Waals surface area contributed by atoms with E-state index in [-0.39, 0.29) is 5.54 Å². The Morgan fingerprint density at radius 1 is 1.50 bits per heavy atom. The third-order valence-corrected chi connectivity index (χ3v) is 3.10. The predicted molar refractivity (Wildman–Crippen MR) is 55.2 cm³/mol. The van der Waals surface area contributed by atoms with Gasteiger partial charge in [0.05, 0.1) is 5.54 Å². The summed E-state index contributed by atoms with van der Waals surface area (Å²) in [6.45, 7) is 1.95. The maximum atomic E-state index is 10.3. The molecule has 0 amide bonds. The third kappa shape index (κ3) is 1.47. The number of isocyanates is 1. The van der Waals surface area contributed by atoms with Crippen LogP contribution in [-0.2, 0) is 10.3 Å². The first-order valence-electron chi connectivity index (χ1n) is 4.54. The molecule has 1 saturated carbocycles. The van der Waals surface area contributed by atoms with Gasteiger partial charge < -0.3 is 0 Å². The molecule has 0 heterocycles. The van der Waals surface area contributed by atoms with E-state index in [1.165, 1.54) is 0 Å². The SMILES string of the molecule is Cc1ccc(C2(N=C=O)CC2)cc1Cl.